The third-order valence-corrected chi connectivity index (χ3v) is 4.36. The van der Waals surface area contributed by atoms with Crippen molar-refractivity contribution in [1.29, 1.82) is 0 Å². The van der Waals surface area contributed by atoms with Crippen LogP contribution in [0.2, 0.25) is 0 Å². The van der Waals surface area contributed by atoms with Gasteiger partial charge in [-0.15, -0.1) is 0 Å². The Morgan fingerprint density at radius 3 is 2.20 bits per heavy atom. The average Bonchev–Trinajstić information content (AvgIpc) is 2.58. The quantitative estimate of drug-likeness (QED) is 0.808. The van der Waals surface area contributed by atoms with Crippen LogP contribution in [-0.2, 0) is 6.54 Å². The second-order valence-corrected chi connectivity index (χ2v) is 6.04. The van der Waals surface area contributed by atoms with Gasteiger partial charge in [-0.05, 0) is 32.0 Å². The van der Waals surface area contributed by atoms with Gasteiger partial charge in [-0.2, -0.15) is 13.2 Å². The summed E-state index contributed by atoms with van der Waals surface area (Å²) < 4.78 is 53.4. The molecule has 142 valence electrons. The molecule has 0 radical (unpaired) electrons. The maximum absolute atomic E-state index is 12.4. The van der Waals surface area contributed by atoms with Crippen LogP contribution >= 0.6 is 0 Å². The van der Waals surface area contributed by atoms with Gasteiger partial charge >= 0.3 is 6.18 Å². The molecule has 0 unspecified atom stereocenters. The first-order valence-electron chi connectivity index (χ1n) is 8.18. The number of halogens is 3. The summed E-state index contributed by atoms with van der Waals surface area (Å²) in [6.45, 7) is 0.608. The highest BCUT2D eigenvalue weighted by molar-refractivity contribution is 5.55. The first-order chi connectivity index (χ1) is 11.9. The van der Waals surface area contributed by atoms with E-state index in [-0.39, 0.29) is 6.04 Å². The van der Waals surface area contributed by atoms with Crippen molar-refractivity contribution in [3.63, 3.8) is 0 Å². The van der Waals surface area contributed by atoms with Crippen LogP contribution in [0.25, 0.3) is 0 Å². The van der Waals surface area contributed by atoms with Crippen molar-refractivity contribution in [3.8, 4) is 17.2 Å². The van der Waals surface area contributed by atoms with Crippen LogP contribution in [0.1, 0.15) is 18.4 Å². The van der Waals surface area contributed by atoms with Crippen LogP contribution in [0.5, 0.6) is 17.2 Å². The molecule has 0 bridgehead atoms. The van der Waals surface area contributed by atoms with E-state index in [9.17, 15) is 13.2 Å². The Labute approximate surface area is 146 Å². The zero-order valence-electron chi connectivity index (χ0n) is 14.8. The molecule has 8 heteroatoms. The number of rotatable bonds is 7. The molecule has 0 spiro atoms. The first-order valence-corrected chi connectivity index (χ1v) is 8.18. The van der Waals surface area contributed by atoms with E-state index in [0.29, 0.717) is 49.7 Å². The van der Waals surface area contributed by atoms with E-state index in [4.69, 9.17) is 14.2 Å². The van der Waals surface area contributed by atoms with E-state index < -0.39 is 12.7 Å². The summed E-state index contributed by atoms with van der Waals surface area (Å²) >= 11 is 0. The van der Waals surface area contributed by atoms with Crippen LogP contribution in [-0.4, -0.2) is 58.1 Å². The lowest BCUT2D eigenvalue weighted by atomic mass is 10.0. The van der Waals surface area contributed by atoms with Gasteiger partial charge in [-0.3, -0.25) is 4.90 Å². The van der Waals surface area contributed by atoms with Crippen molar-refractivity contribution in [2.24, 2.45) is 0 Å². The normalized spacial score (nSPS) is 16.7. The van der Waals surface area contributed by atoms with Crippen molar-refractivity contribution in [1.82, 2.24) is 10.2 Å². The van der Waals surface area contributed by atoms with Crippen LogP contribution < -0.4 is 19.5 Å². The lowest BCUT2D eigenvalue weighted by Gasteiger charge is -2.33. The van der Waals surface area contributed by atoms with Crippen molar-refractivity contribution >= 4 is 0 Å². The number of ether oxygens (including phenoxy) is 3. The van der Waals surface area contributed by atoms with Crippen molar-refractivity contribution in [2.45, 2.75) is 31.6 Å². The second-order valence-electron chi connectivity index (χ2n) is 6.04. The Kier molecular flexibility index (Phi) is 6.78. The molecular formula is C17H25F3N2O3. The molecule has 1 N–H and O–H groups in total. The third-order valence-electron chi connectivity index (χ3n) is 4.36. The number of nitrogens with one attached hydrogen (secondary N) is 1. The minimum Gasteiger partial charge on any atom is -0.493 e. The van der Waals surface area contributed by atoms with Crippen molar-refractivity contribution in [3.05, 3.63) is 17.7 Å². The van der Waals surface area contributed by atoms with E-state index in [0.717, 1.165) is 5.56 Å². The summed E-state index contributed by atoms with van der Waals surface area (Å²) in [6.07, 6.45) is -2.76. The van der Waals surface area contributed by atoms with E-state index in [2.05, 4.69) is 5.32 Å². The lowest BCUT2D eigenvalue weighted by Crippen LogP contribution is -2.45. The average molecular weight is 362 g/mol. The number of piperidine rings is 1. The summed E-state index contributed by atoms with van der Waals surface area (Å²) in [5.74, 6) is 1.72. The fraction of sp³-hybridized carbons (Fsp3) is 0.647. The number of hydrogen-bond acceptors (Lipinski definition) is 5. The smallest absolute Gasteiger partial charge is 0.401 e. The predicted molar refractivity (Wildman–Crippen MR) is 88.5 cm³/mol. The topological polar surface area (TPSA) is 43.0 Å². The molecule has 0 aromatic heterocycles. The Balaban J connectivity index is 1.92. The van der Waals surface area contributed by atoms with Gasteiger partial charge in [-0.1, -0.05) is 6.07 Å². The van der Waals surface area contributed by atoms with Crippen LogP contribution in [0.4, 0.5) is 13.2 Å². The predicted octanol–water partition coefficient (Wildman–Crippen LogP) is 2.83. The Morgan fingerprint density at radius 2 is 1.68 bits per heavy atom. The first kappa shape index (κ1) is 19.7. The van der Waals surface area contributed by atoms with Gasteiger partial charge in [0.25, 0.3) is 0 Å². The molecule has 0 aliphatic carbocycles. The van der Waals surface area contributed by atoms with E-state index >= 15 is 0 Å². The van der Waals surface area contributed by atoms with Crippen molar-refractivity contribution < 1.29 is 27.4 Å². The molecular weight excluding hydrogens is 337 g/mol. The highest BCUT2D eigenvalue weighted by Gasteiger charge is 2.32. The van der Waals surface area contributed by atoms with Gasteiger partial charge in [0.2, 0.25) is 5.75 Å². The molecule has 1 saturated heterocycles. The summed E-state index contributed by atoms with van der Waals surface area (Å²) in [5, 5.41) is 3.40. The van der Waals surface area contributed by atoms with Gasteiger partial charge in [0.15, 0.2) is 11.5 Å². The molecule has 0 saturated carbocycles. The van der Waals surface area contributed by atoms with E-state index in [1.165, 1.54) is 4.90 Å². The maximum Gasteiger partial charge on any atom is 0.401 e. The molecule has 1 aliphatic rings. The molecule has 2 rings (SSSR count). The summed E-state index contributed by atoms with van der Waals surface area (Å²) in [7, 11) is 4.67. The molecule has 1 heterocycles. The highest BCUT2D eigenvalue weighted by Crippen LogP contribution is 2.39. The molecule has 1 aromatic rings. The fourth-order valence-corrected chi connectivity index (χ4v) is 3.11. The molecule has 0 atom stereocenters. The minimum atomic E-state index is -4.13. The Hall–Kier alpha value is -1.67. The number of nitrogens with zero attached hydrogens (tertiary/aromatic N) is 1. The molecule has 25 heavy (non-hydrogen) atoms. The summed E-state index contributed by atoms with van der Waals surface area (Å²) in [4.78, 5) is 1.45. The number of methoxy groups -OCH3 is 3. The van der Waals surface area contributed by atoms with Crippen molar-refractivity contribution in [2.75, 3.05) is 41.0 Å². The molecule has 0 amide bonds. The van der Waals surface area contributed by atoms with Gasteiger partial charge < -0.3 is 19.5 Å². The summed E-state index contributed by atoms with van der Waals surface area (Å²) in [5.41, 5.74) is 0.915. The standard InChI is InChI=1S/C17H25F3N2O3/c1-23-14-5-4-12(15(24-2)16(14)25-3)10-21-13-6-8-22(9-7-13)11-17(18,19)20/h4-5,13,21H,6-11H2,1-3H3. The summed E-state index contributed by atoms with van der Waals surface area (Å²) in [6, 6.07) is 3.89. The molecule has 5 nitrogen and oxygen atoms in total. The van der Waals surface area contributed by atoms with Crippen LogP contribution in [0.3, 0.4) is 0 Å². The Morgan fingerprint density at radius 1 is 1.04 bits per heavy atom. The van der Waals surface area contributed by atoms with E-state index in [1.54, 1.807) is 21.3 Å². The number of hydrogen-bond donors (Lipinski definition) is 1. The zero-order chi connectivity index (χ0) is 18.4. The SMILES string of the molecule is COc1ccc(CNC2CCN(CC(F)(F)F)CC2)c(OC)c1OC. The van der Waals surface area contributed by atoms with Gasteiger partial charge in [0, 0.05) is 18.2 Å². The second kappa shape index (κ2) is 8.62. The van der Waals surface area contributed by atoms with Crippen LogP contribution in [0, 0.1) is 0 Å². The van der Waals surface area contributed by atoms with Gasteiger partial charge in [-0.25, -0.2) is 0 Å². The molecule has 1 fully saturated rings. The van der Waals surface area contributed by atoms with Crippen LogP contribution in [0.15, 0.2) is 12.1 Å². The Bertz CT molecular complexity index is 559. The van der Waals surface area contributed by atoms with Gasteiger partial charge in [0.1, 0.15) is 0 Å². The monoisotopic (exact) mass is 362 g/mol. The largest absolute Gasteiger partial charge is 0.493 e. The van der Waals surface area contributed by atoms with Gasteiger partial charge in [0.05, 0.1) is 27.9 Å². The number of alkyl halides is 3. The minimum absolute atomic E-state index is 0.183. The number of benzene rings is 1. The lowest BCUT2D eigenvalue weighted by molar-refractivity contribution is -0.148. The number of likely N-dealkylation sites (tertiary alicyclic amines) is 1. The third kappa shape index (κ3) is 5.40. The highest BCUT2D eigenvalue weighted by atomic mass is 19.4. The van der Waals surface area contributed by atoms with E-state index in [1.807, 2.05) is 12.1 Å². The fourth-order valence-electron chi connectivity index (χ4n) is 3.11. The zero-order valence-corrected chi connectivity index (χ0v) is 14.8. The maximum atomic E-state index is 12.4. The molecule has 1 aliphatic heterocycles. The molecule has 1 aromatic carbocycles.